The van der Waals surface area contributed by atoms with Gasteiger partial charge in [-0.05, 0) is 53.0 Å². The lowest BCUT2D eigenvalue weighted by atomic mass is 10.2. The third kappa shape index (κ3) is 3.43. The van der Waals surface area contributed by atoms with Crippen LogP contribution in [0.5, 0.6) is 0 Å². The largest absolute Gasteiger partial charge is 0.326 e. The first kappa shape index (κ1) is 16.5. The lowest BCUT2D eigenvalue weighted by Crippen LogP contribution is -2.47. The number of urea groups is 1. The van der Waals surface area contributed by atoms with E-state index < -0.39 is 12.1 Å². The molecule has 24 heavy (non-hydrogen) atoms. The van der Waals surface area contributed by atoms with Gasteiger partial charge in [0, 0.05) is 16.7 Å². The van der Waals surface area contributed by atoms with Crippen LogP contribution in [0.15, 0.2) is 53.0 Å². The highest BCUT2D eigenvalue weighted by Crippen LogP contribution is 2.28. The highest BCUT2D eigenvalue weighted by molar-refractivity contribution is 9.10. The molecule has 2 aromatic carbocycles. The number of carbonyl (C=O) groups excluding carboxylic acids is 2. The van der Waals surface area contributed by atoms with Crippen molar-refractivity contribution in [1.29, 1.82) is 0 Å². The predicted octanol–water partition coefficient (Wildman–Crippen LogP) is 3.55. The Morgan fingerprint density at radius 2 is 1.83 bits per heavy atom. The van der Waals surface area contributed by atoms with Crippen LogP contribution in [0.25, 0.3) is 0 Å². The van der Waals surface area contributed by atoms with Gasteiger partial charge in [0.1, 0.15) is 6.04 Å². The van der Waals surface area contributed by atoms with E-state index in [1.807, 2.05) is 42.5 Å². The van der Waals surface area contributed by atoms with Crippen molar-refractivity contribution in [3.63, 3.8) is 0 Å². The van der Waals surface area contributed by atoms with Crippen LogP contribution in [0.3, 0.4) is 0 Å². The summed E-state index contributed by atoms with van der Waals surface area (Å²) >= 11 is 3.37. The van der Waals surface area contributed by atoms with Crippen molar-refractivity contribution in [3.8, 4) is 0 Å². The van der Waals surface area contributed by atoms with Gasteiger partial charge in [0.05, 0.1) is 5.69 Å². The lowest BCUT2D eigenvalue weighted by molar-refractivity contribution is -0.119. The summed E-state index contributed by atoms with van der Waals surface area (Å²) < 4.78 is 0.785. The van der Waals surface area contributed by atoms with Crippen molar-refractivity contribution >= 4 is 39.2 Å². The van der Waals surface area contributed by atoms with E-state index in [1.54, 1.807) is 17.9 Å². The van der Waals surface area contributed by atoms with Crippen molar-refractivity contribution in [3.05, 3.63) is 58.6 Å². The van der Waals surface area contributed by atoms with E-state index in [4.69, 9.17) is 0 Å². The van der Waals surface area contributed by atoms with E-state index in [9.17, 15) is 9.59 Å². The second-order valence-electron chi connectivity index (χ2n) is 5.67. The molecule has 1 heterocycles. The number of benzene rings is 2. The third-order valence-corrected chi connectivity index (χ3v) is 4.68. The molecule has 3 amide bonds. The Bertz CT molecular complexity index is 778. The number of hydrogen-bond acceptors (Lipinski definition) is 2. The molecule has 0 aliphatic carbocycles. The molecule has 0 saturated carbocycles. The number of fused-ring (bicyclic) bond motifs is 1. The van der Waals surface area contributed by atoms with Gasteiger partial charge in [0.2, 0.25) is 5.91 Å². The van der Waals surface area contributed by atoms with Crippen LogP contribution < -0.4 is 15.5 Å². The molecule has 2 N–H and O–H groups in total. The zero-order chi connectivity index (χ0) is 17.1. The van der Waals surface area contributed by atoms with Gasteiger partial charge in [-0.2, -0.15) is 0 Å². The molecule has 1 atom stereocenters. The van der Waals surface area contributed by atoms with Crippen molar-refractivity contribution in [2.24, 2.45) is 0 Å². The Morgan fingerprint density at radius 3 is 2.62 bits per heavy atom. The maximum absolute atomic E-state index is 12.6. The molecule has 2 aromatic rings. The van der Waals surface area contributed by atoms with Gasteiger partial charge in [-0.1, -0.05) is 30.3 Å². The molecule has 0 unspecified atom stereocenters. The monoisotopic (exact) mass is 387 g/mol. The maximum atomic E-state index is 12.6. The van der Waals surface area contributed by atoms with Crippen LogP contribution in [0.4, 0.5) is 16.2 Å². The van der Waals surface area contributed by atoms with E-state index in [1.165, 1.54) is 0 Å². The fraction of sp³-hybridized carbons (Fsp3) is 0.222. The average Bonchev–Trinajstić information content (AvgIpc) is 3.00. The topological polar surface area (TPSA) is 61.4 Å². The van der Waals surface area contributed by atoms with Gasteiger partial charge < -0.3 is 15.5 Å². The van der Waals surface area contributed by atoms with E-state index >= 15 is 0 Å². The molecule has 0 aromatic heterocycles. The zero-order valence-corrected chi connectivity index (χ0v) is 14.8. The first-order valence-corrected chi connectivity index (χ1v) is 8.57. The normalized spacial score (nSPS) is 14.0. The zero-order valence-electron chi connectivity index (χ0n) is 13.3. The summed E-state index contributed by atoms with van der Waals surface area (Å²) in [6, 6.07) is 14.2. The predicted molar refractivity (Wildman–Crippen MR) is 98.3 cm³/mol. The number of halogens is 1. The summed E-state index contributed by atoms with van der Waals surface area (Å²) in [4.78, 5) is 26.5. The standard InChI is InChI=1S/C18H18BrN3O2/c1-12(20-18(24)21-15-8-4-3-7-14(15)19)17(23)22-11-10-13-6-2-5-9-16(13)22/h2-9,12H,10-11H2,1H3,(H2,20,21,24)/t12-/m0/s1. The Kier molecular flexibility index (Phi) is 4.85. The molecule has 3 rings (SSSR count). The van der Waals surface area contributed by atoms with Crippen molar-refractivity contribution in [2.45, 2.75) is 19.4 Å². The summed E-state index contributed by atoms with van der Waals surface area (Å²) in [6.45, 7) is 2.35. The molecule has 0 bridgehead atoms. The first-order chi connectivity index (χ1) is 11.6. The molecule has 5 nitrogen and oxygen atoms in total. The van der Waals surface area contributed by atoms with Crippen molar-refractivity contribution < 1.29 is 9.59 Å². The minimum absolute atomic E-state index is 0.109. The SMILES string of the molecule is C[C@H](NC(=O)Nc1ccccc1Br)C(=O)N1CCc2ccccc21. The highest BCUT2D eigenvalue weighted by atomic mass is 79.9. The highest BCUT2D eigenvalue weighted by Gasteiger charge is 2.28. The summed E-state index contributed by atoms with van der Waals surface area (Å²) in [5.74, 6) is -0.109. The summed E-state index contributed by atoms with van der Waals surface area (Å²) in [5, 5.41) is 5.44. The molecule has 6 heteroatoms. The van der Waals surface area contributed by atoms with Gasteiger partial charge in [-0.15, -0.1) is 0 Å². The van der Waals surface area contributed by atoms with E-state index in [-0.39, 0.29) is 5.91 Å². The van der Waals surface area contributed by atoms with Crippen LogP contribution in [0.2, 0.25) is 0 Å². The maximum Gasteiger partial charge on any atom is 0.319 e. The lowest BCUT2D eigenvalue weighted by Gasteiger charge is -2.22. The number of amides is 3. The average molecular weight is 388 g/mol. The second kappa shape index (κ2) is 7.05. The van der Waals surface area contributed by atoms with Crippen LogP contribution in [0, 0.1) is 0 Å². The molecular formula is C18H18BrN3O2. The van der Waals surface area contributed by atoms with E-state index in [0.29, 0.717) is 12.2 Å². The molecule has 124 valence electrons. The Morgan fingerprint density at radius 1 is 1.12 bits per heavy atom. The number of nitrogens with zero attached hydrogens (tertiary/aromatic N) is 1. The van der Waals surface area contributed by atoms with Gasteiger partial charge in [0.25, 0.3) is 0 Å². The number of para-hydroxylation sites is 2. The molecule has 0 saturated heterocycles. The molecule has 0 spiro atoms. The third-order valence-electron chi connectivity index (χ3n) is 3.99. The van der Waals surface area contributed by atoms with Gasteiger partial charge >= 0.3 is 6.03 Å². The minimum atomic E-state index is -0.612. The van der Waals surface area contributed by atoms with Gasteiger partial charge in [-0.25, -0.2) is 4.79 Å². The minimum Gasteiger partial charge on any atom is -0.326 e. The Balaban J connectivity index is 1.63. The van der Waals surface area contributed by atoms with Crippen molar-refractivity contribution in [1.82, 2.24) is 5.32 Å². The smallest absolute Gasteiger partial charge is 0.319 e. The molecule has 1 aliphatic heterocycles. The molecule has 0 fully saturated rings. The Hall–Kier alpha value is -2.34. The quantitative estimate of drug-likeness (QED) is 0.845. The Labute approximate surface area is 149 Å². The number of hydrogen-bond donors (Lipinski definition) is 2. The summed E-state index contributed by atoms with van der Waals surface area (Å²) in [7, 11) is 0. The van der Waals surface area contributed by atoms with Crippen LogP contribution in [-0.4, -0.2) is 24.5 Å². The summed E-state index contributed by atoms with van der Waals surface area (Å²) in [5.41, 5.74) is 2.75. The molecule has 1 aliphatic rings. The summed E-state index contributed by atoms with van der Waals surface area (Å²) in [6.07, 6.45) is 0.845. The number of nitrogens with one attached hydrogen (secondary N) is 2. The van der Waals surface area contributed by atoms with E-state index in [2.05, 4.69) is 26.6 Å². The van der Waals surface area contributed by atoms with Crippen LogP contribution >= 0.6 is 15.9 Å². The van der Waals surface area contributed by atoms with E-state index in [0.717, 1.165) is 22.1 Å². The fourth-order valence-corrected chi connectivity index (χ4v) is 3.16. The first-order valence-electron chi connectivity index (χ1n) is 7.77. The number of anilines is 2. The molecular weight excluding hydrogens is 370 g/mol. The number of carbonyl (C=O) groups is 2. The second-order valence-corrected chi connectivity index (χ2v) is 6.52. The van der Waals surface area contributed by atoms with Crippen LogP contribution in [0.1, 0.15) is 12.5 Å². The fourth-order valence-electron chi connectivity index (χ4n) is 2.78. The van der Waals surface area contributed by atoms with Gasteiger partial charge in [0.15, 0.2) is 0 Å². The molecule has 0 radical (unpaired) electrons. The van der Waals surface area contributed by atoms with Gasteiger partial charge in [-0.3, -0.25) is 4.79 Å². The van der Waals surface area contributed by atoms with Crippen LogP contribution in [-0.2, 0) is 11.2 Å². The van der Waals surface area contributed by atoms with Crippen molar-refractivity contribution in [2.75, 3.05) is 16.8 Å². The number of rotatable bonds is 3.